The number of hydrogen-bond donors (Lipinski definition) is 1. The highest BCUT2D eigenvalue weighted by Gasteiger charge is 2.46. The van der Waals surface area contributed by atoms with Crippen LogP contribution in [-0.4, -0.2) is 56.1 Å². The maximum absolute atomic E-state index is 13.9. The number of methoxy groups -OCH3 is 1. The molecule has 1 atom stereocenters. The molecule has 1 amide bonds. The largest absolute Gasteiger partial charge is 0.385 e. The molecule has 4 rings (SSSR count). The van der Waals surface area contributed by atoms with E-state index in [9.17, 15) is 13.2 Å². The highest BCUT2D eigenvalue weighted by molar-refractivity contribution is 7.92. The quantitative estimate of drug-likeness (QED) is 0.189. The van der Waals surface area contributed by atoms with E-state index < -0.39 is 15.6 Å². The minimum Gasteiger partial charge on any atom is -0.385 e. The second kappa shape index (κ2) is 14.5. The van der Waals surface area contributed by atoms with Crippen LogP contribution in [0.2, 0.25) is 0 Å². The van der Waals surface area contributed by atoms with Gasteiger partial charge in [-0.1, -0.05) is 61.8 Å². The lowest BCUT2D eigenvalue weighted by Gasteiger charge is -2.25. The lowest BCUT2D eigenvalue weighted by molar-refractivity contribution is -0.132. The standard InChI is InChI=1S/C33H44N4O6S.H2/c1-7-10-15-30-34-33(8-2,18-19-41-6)32(38)37(30)21-25-16-17-27(26(20-25)22-42-9-3)28-13-11-12-14-29(28)44(39,40)36-31-23(4)24(5)43-35-31;/h11-14,16-17,20H,7-10,15,18-19,21-22H2,1-6H3,(H,35,36);1H/t33-;/m0./s1. The van der Waals surface area contributed by atoms with Crippen LogP contribution in [0.4, 0.5) is 5.82 Å². The summed E-state index contributed by atoms with van der Waals surface area (Å²) < 4.78 is 46.1. The van der Waals surface area contributed by atoms with Crippen LogP contribution in [0.1, 0.15) is 76.8 Å². The summed E-state index contributed by atoms with van der Waals surface area (Å²) in [4.78, 5) is 20.8. The minimum absolute atomic E-state index is 0. The normalized spacial score (nSPS) is 16.9. The van der Waals surface area contributed by atoms with Gasteiger partial charge in [0, 0.05) is 45.7 Å². The average Bonchev–Trinajstić information content (AvgIpc) is 3.47. The summed E-state index contributed by atoms with van der Waals surface area (Å²) in [6.45, 7) is 11.1. The molecule has 0 aliphatic carbocycles. The molecule has 240 valence electrons. The van der Waals surface area contributed by atoms with E-state index in [1.807, 2.05) is 43.0 Å². The van der Waals surface area contributed by atoms with Crippen molar-refractivity contribution >= 4 is 27.6 Å². The molecule has 2 heterocycles. The third kappa shape index (κ3) is 7.06. The molecule has 0 unspecified atom stereocenters. The van der Waals surface area contributed by atoms with E-state index in [-0.39, 0.29) is 24.7 Å². The Hall–Kier alpha value is -3.54. The number of amides is 1. The number of nitrogens with one attached hydrogen (secondary N) is 1. The van der Waals surface area contributed by atoms with Gasteiger partial charge in [0.2, 0.25) is 0 Å². The number of benzene rings is 2. The summed E-state index contributed by atoms with van der Waals surface area (Å²) in [5, 5.41) is 3.88. The Morgan fingerprint density at radius 1 is 1.09 bits per heavy atom. The van der Waals surface area contributed by atoms with E-state index in [1.54, 1.807) is 39.2 Å². The summed E-state index contributed by atoms with van der Waals surface area (Å²) in [6.07, 6.45) is 3.80. The van der Waals surface area contributed by atoms with Crippen molar-refractivity contribution < 1.29 is 28.6 Å². The Morgan fingerprint density at radius 3 is 2.52 bits per heavy atom. The van der Waals surface area contributed by atoms with Crippen molar-refractivity contribution in [1.29, 1.82) is 0 Å². The molecule has 1 aliphatic rings. The average molecular weight is 627 g/mol. The summed E-state index contributed by atoms with van der Waals surface area (Å²) >= 11 is 0. The number of aryl methyl sites for hydroxylation is 1. The first-order chi connectivity index (χ1) is 21.1. The van der Waals surface area contributed by atoms with Gasteiger partial charge < -0.3 is 14.0 Å². The zero-order chi connectivity index (χ0) is 31.9. The highest BCUT2D eigenvalue weighted by Crippen LogP contribution is 2.35. The first kappa shape index (κ1) is 33.4. The van der Waals surface area contributed by atoms with E-state index in [4.69, 9.17) is 19.0 Å². The zero-order valence-corrected chi connectivity index (χ0v) is 27.4. The van der Waals surface area contributed by atoms with Crippen LogP contribution in [0.3, 0.4) is 0 Å². The van der Waals surface area contributed by atoms with Crippen molar-refractivity contribution in [3.8, 4) is 11.1 Å². The van der Waals surface area contributed by atoms with Gasteiger partial charge in [-0.2, -0.15) is 0 Å². The fraction of sp³-hybridized carbons (Fsp3) is 0.485. The van der Waals surface area contributed by atoms with E-state index in [2.05, 4.69) is 16.8 Å². The number of ether oxygens (including phenoxy) is 2. The van der Waals surface area contributed by atoms with Crippen molar-refractivity contribution in [2.45, 2.75) is 90.3 Å². The van der Waals surface area contributed by atoms with Crippen LogP contribution in [0, 0.1) is 13.8 Å². The predicted molar refractivity (Wildman–Crippen MR) is 173 cm³/mol. The number of rotatable bonds is 16. The first-order valence-electron chi connectivity index (χ1n) is 15.2. The molecular formula is C33H46N4O6S. The molecule has 0 spiro atoms. The summed E-state index contributed by atoms with van der Waals surface area (Å²) in [5.74, 6) is 1.51. The lowest BCUT2D eigenvalue weighted by Crippen LogP contribution is -2.42. The Kier molecular flexibility index (Phi) is 11.0. The van der Waals surface area contributed by atoms with Gasteiger partial charge in [-0.3, -0.25) is 19.4 Å². The zero-order valence-electron chi connectivity index (χ0n) is 26.6. The molecule has 3 aromatic rings. The van der Waals surface area contributed by atoms with Crippen molar-refractivity contribution in [2.24, 2.45) is 4.99 Å². The highest BCUT2D eigenvalue weighted by atomic mass is 32.2. The number of anilines is 1. The molecule has 0 radical (unpaired) electrons. The van der Waals surface area contributed by atoms with Gasteiger partial charge >= 0.3 is 0 Å². The second-order valence-corrected chi connectivity index (χ2v) is 12.7. The smallest absolute Gasteiger partial charge is 0.263 e. The second-order valence-electron chi connectivity index (χ2n) is 11.1. The van der Waals surface area contributed by atoms with Gasteiger partial charge in [0.05, 0.1) is 18.0 Å². The fourth-order valence-corrected chi connectivity index (χ4v) is 6.67. The van der Waals surface area contributed by atoms with Crippen molar-refractivity contribution in [2.75, 3.05) is 25.0 Å². The minimum atomic E-state index is -4.01. The third-order valence-corrected chi connectivity index (χ3v) is 9.58. The number of sulfonamides is 1. The van der Waals surface area contributed by atoms with E-state index in [0.717, 1.165) is 41.8 Å². The van der Waals surface area contributed by atoms with Gasteiger partial charge in [-0.25, -0.2) is 8.42 Å². The predicted octanol–water partition coefficient (Wildman–Crippen LogP) is 6.66. The van der Waals surface area contributed by atoms with Crippen molar-refractivity contribution in [3.63, 3.8) is 0 Å². The molecule has 0 saturated carbocycles. The number of amidine groups is 1. The SMILES string of the molecule is CCCCC1=N[C@@](CC)(CCOC)C(=O)N1Cc1ccc(-c2ccccc2S(=O)(=O)Nc2noc(C)c2C)c(COCC)c1.[HH]. The number of aromatic nitrogens is 1. The van der Waals surface area contributed by atoms with Gasteiger partial charge in [0.25, 0.3) is 15.9 Å². The molecule has 10 nitrogen and oxygen atoms in total. The van der Waals surface area contributed by atoms with Crippen LogP contribution in [0.15, 0.2) is 56.9 Å². The Morgan fingerprint density at radius 2 is 1.86 bits per heavy atom. The Bertz CT molecular complexity index is 1610. The molecular weight excluding hydrogens is 580 g/mol. The van der Waals surface area contributed by atoms with Gasteiger partial charge in [0.1, 0.15) is 17.1 Å². The Balaban J connectivity index is 0.00000552. The molecule has 1 aromatic heterocycles. The number of unbranched alkanes of at least 4 members (excludes halogenated alkanes) is 1. The van der Waals surface area contributed by atoms with Crippen LogP contribution in [0.25, 0.3) is 11.1 Å². The maximum Gasteiger partial charge on any atom is 0.263 e. The number of carbonyl (C=O) groups excluding carboxylic acids is 1. The van der Waals surface area contributed by atoms with Gasteiger partial charge in [0.15, 0.2) is 5.82 Å². The molecule has 0 fully saturated rings. The number of hydrogen-bond acceptors (Lipinski definition) is 8. The maximum atomic E-state index is 13.9. The Labute approximate surface area is 262 Å². The molecule has 0 bridgehead atoms. The van der Waals surface area contributed by atoms with Crippen molar-refractivity contribution in [3.05, 3.63) is 64.9 Å². The monoisotopic (exact) mass is 626 g/mol. The molecule has 44 heavy (non-hydrogen) atoms. The lowest BCUT2D eigenvalue weighted by atomic mass is 9.92. The van der Waals surface area contributed by atoms with E-state index >= 15 is 0 Å². The number of nitrogens with zero attached hydrogens (tertiary/aromatic N) is 3. The van der Waals surface area contributed by atoms with Gasteiger partial charge in [-0.05, 0) is 56.4 Å². The number of carbonyl (C=O) groups is 1. The van der Waals surface area contributed by atoms with Crippen molar-refractivity contribution in [1.82, 2.24) is 10.1 Å². The van der Waals surface area contributed by atoms with E-state index in [1.165, 1.54) is 0 Å². The van der Waals surface area contributed by atoms with E-state index in [0.29, 0.717) is 49.5 Å². The summed E-state index contributed by atoms with van der Waals surface area (Å²) in [6, 6.07) is 12.7. The first-order valence-corrected chi connectivity index (χ1v) is 16.7. The fourth-order valence-electron chi connectivity index (χ4n) is 5.39. The third-order valence-electron chi connectivity index (χ3n) is 8.18. The van der Waals surface area contributed by atoms with Crippen LogP contribution < -0.4 is 4.72 Å². The number of aliphatic imine (C=N–C) groups is 1. The van der Waals surface area contributed by atoms with Gasteiger partial charge in [-0.15, -0.1) is 0 Å². The van der Waals surface area contributed by atoms with Crippen LogP contribution in [-0.2, 0) is 37.4 Å². The summed E-state index contributed by atoms with van der Waals surface area (Å²) in [7, 11) is -2.37. The molecule has 1 aliphatic heterocycles. The molecule has 2 aromatic carbocycles. The summed E-state index contributed by atoms with van der Waals surface area (Å²) in [5.41, 5.74) is 2.80. The molecule has 11 heteroatoms. The molecule has 1 N–H and O–H groups in total. The molecule has 0 saturated heterocycles. The topological polar surface area (TPSA) is 123 Å². The van der Waals surface area contributed by atoms with Crippen LogP contribution >= 0.6 is 0 Å². The van der Waals surface area contributed by atoms with Crippen LogP contribution in [0.5, 0.6) is 0 Å².